The Kier molecular flexibility index (Phi) is 3.72. The summed E-state index contributed by atoms with van der Waals surface area (Å²) in [6.45, 7) is 8.36. The lowest BCUT2D eigenvalue weighted by molar-refractivity contribution is 0.134. The molecule has 17 heavy (non-hydrogen) atoms. The number of anilines is 1. The molecule has 0 aliphatic carbocycles. The van der Waals surface area contributed by atoms with Crippen LogP contribution < -0.4 is 5.73 Å². The fourth-order valence-corrected chi connectivity index (χ4v) is 2.42. The fourth-order valence-electron chi connectivity index (χ4n) is 2.42. The van der Waals surface area contributed by atoms with Crippen LogP contribution in [0.25, 0.3) is 0 Å². The highest BCUT2D eigenvalue weighted by Crippen LogP contribution is 2.29. The summed E-state index contributed by atoms with van der Waals surface area (Å²) in [6, 6.07) is 8.21. The van der Waals surface area contributed by atoms with Crippen molar-refractivity contribution in [2.75, 3.05) is 25.4 Å². The molecule has 2 nitrogen and oxygen atoms in total. The number of nitrogens with two attached hydrogens (primary N) is 1. The summed E-state index contributed by atoms with van der Waals surface area (Å²) in [5, 5.41) is 0. The number of para-hydroxylation sites is 1. The zero-order valence-electron chi connectivity index (χ0n) is 11.1. The first-order chi connectivity index (χ1) is 8.07. The molecular formula is C15H24N2. The van der Waals surface area contributed by atoms with E-state index in [9.17, 15) is 0 Å². The van der Waals surface area contributed by atoms with Gasteiger partial charge in [-0.05, 0) is 49.4 Å². The zero-order chi connectivity index (χ0) is 12.3. The molecule has 0 atom stereocenters. The number of benzene rings is 1. The van der Waals surface area contributed by atoms with Crippen LogP contribution in [0.3, 0.4) is 0 Å². The summed E-state index contributed by atoms with van der Waals surface area (Å²) in [4.78, 5) is 2.57. The summed E-state index contributed by atoms with van der Waals surface area (Å²) < 4.78 is 0. The molecule has 2 rings (SSSR count). The molecule has 0 aromatic heterocycles. The third-order valence-electron chi connectivity index (χ3n) is 3.96. The topological polar surface area (TPSA) is 29.3 Å². The predicted molar refractivity (Wildman–Crippen MR) is 74.0 cm³/mol. The molecule has 2 N–H and O–H groups in total. The second-order valence-corrected chi connectivity index (χ2v) is 5.95. The van der Waals surface area contributed by atoms with E-state index in [1.165, 1.54) is 31.5 Å². The van der Waals surface area contributed by atoms with Gasteiger partial charge in [0, 0.05) is 12.2 Å². The minimum absolute atomic E-state index is 0.544. The van der Waals surface area contributed by atoms with E-state index >= 15 is 0 Å². The Hall–Kier alpha value is -1.02. The number of hydrogen-bond acceptors (Lipinski definition) is 2. The Balaban J connectivity index is 1.82. The largest absolute Gasteiger partial charge is 0.399 e. The van der Waals surface area contributed by atoms with Crippen LogP contribution in [0.4, 0.5) is 5.69 Å². The third kappa shape index (κ3) is 3.47. The first-order valence-electron chi connectivity index (χ1n) is 6.63. The van der Waals surface area contributed by atoms with Gasteiger partial charge < -0.3 is 10.6 Å². The second-order valence-electron chi connectivity index (χ2n) is 5.95. The van der Waals surface area contributed by atoms with Crippen molar-refractivity contribution >= 4 is 5.69 Å². The molecule has 1 aliphatic heterocycles. The van der Waals surface area contributed by atoms with Crippen LogP contribution >= 0.6 is 0 Å². The lowest BCUT2D eigenvalue weighted by Crippen LogP contribution is -2.38. The summed E-state index contributed by atoms with van der Waals surface area (Å²) in [5.74, 6) is 0. The smallest absolute Gasteiger partial charge is 0.0347 e. The van der Waals surface area contributed by atoms with E-state index in [2.05, 4.69) is 30.9 Å². The Morgan fingerprint density at radius 3 is 2.47 bits per heavy atom. The maximum Gasteiger partial charge on any atom is 0.0347 e. The van der Waals surface area contributed by atoms with E-state index in [1.807, 2.05) is 12.1 Å². The van der Waals surface area contributed by atoms with Crippen LogP contribution in [0.2, 0.25) is 0 Å². The van der Waals surface area contributed by atoms with Gasteiger partial charge in [-0.15, -0.1) is 0 Å². The predicted octanol–water partition coefficient (Wildman–Crippen LogP) is 2.93. The van der Waals surface area contributed by atoms with Gasteiger partial charge in [-0.3, -0.25) is 0 Å². The van der Waals surface area contributed by atoms with Crippen molar-refractivity contribution in [3.8, 4) is 0 Å². The van der Waals surface area contributed by atoms with E-state index in [0.29, 0.717) is 5.41 Å². The summed E-state index contributed by atoms with van der Waals surface area (Å²) in [5.41, 5.74) is 8.73. The standard InChI is InChI=1S/C15H24N2/c1-15(2)8-11-17(12-9-15)10-7-13-5-3-4-6-14(13)16/h3-6H,7-12,16H2,1-2H3. The summed E-state index contributed by atoms with van der Waals surface area (Å²) in [7, 11) is 0. The Morgan fingerprint density at radius 2 is 1.82 bits per heavy atom. The quantitative estimate of drug-likeness (QED) is 0.812. The molecule has 0 bridgehead atoms. The van der Waals surface area contributed by atoms with Crippen LogP contribution in [-0.2, 0) is 6.42 Å². The Bertz CT molecular complexity index is 361. The lowest BCUT2D eigenvalue weighted by Gasteiger charge is -2.36. The van der Waals surface area contributed by atoms with E-state index in [4.69, 9.17) is 5.73 Å². The first kappa shape index (κ1) is 12.4. The Labute approximate surface area is 105 Å². The monoisotopic (exact) mass is 232 g/mol. The number of rotatable bonds is 3. The highest BCUT2D eigenvalue weighted by molar-refractivity contribution is 5.46. The highest BCUT2D eigenvalue weighted by Gasteiger charge is 2.24. The molecule has 0 amide bonds. The maximum absolute atomic E-state index is 5.96. The average Bonchev–Trinajstić information content (AvgIpc) is 2.30. The van der Waals surface area contributed by atoms with Gasteiger partial charge in [0.2, 0.25) is 0 Å². The van der Waals surface area contributed by atoms with Gasteiger partial charge in [-0.2, -0.15) is 0 Å². The highest BCUT2D eigenvalue weighted by atomic mass is 15.1. The number of likely N-dealkylation sites (tertiary alicyclic amines) is 1. The second kappa shape index (κ2) is 5.09. The molecule has 1 fully saturated rings. The molecule has 94 valence electrons. The van der Waals surface area contributed by atoms with Crippen LogP contribution in [0.1, 0.15) is 32.3 Å². The van der Waals surface area contributed by atoms with Crippen molar-refractivity contribution < 1.29 is 0 Å². The van der Waals surface area contributed by atoms with Crippen LogP contribution in [-0.4, -0.2) is 24.5 Å². The molecule has 0 saturated carbocycles. The zero-order valence-corrected chi connectivity index (χ0v) is 11.1. The molecule has 1 heterocycles. The van der Waals surface area contributed by atoms with Gasteiger partial charge in [-0.25, -0.2) is 0 Å². The molecule has 1 saturated heterocycles. The molecule has 2 heteroatoms. The first-order valence-corrected chi connectivity index (χ1v) is 6.63. The van der Waals surface area contributed by atoms with Gasteiger partial charge in [0.1, 0.15) is 0 Å². The third-order valence-corrected chi connectivity index (χ3v) is 3.96. The van der Waals surface area contributed by atoms with Crippen LogP contribution in [0.15, 0.2) is 24.3 Å². The van der Waals surface area contributed by atoms with Crippen molar-refractivity contribution in [3.63, 3.8) is 0 Å². The fraction of sp³-hybridized carbons (Fsp3) is 0.600. The normalized spacial score (nSPS) is 20.4. The van der Waals surface area contributed by atoms with Crippen molar-refractivity contribution in [1.82, 2.24) is 4.90 Å². The summed E-state index contributed by atoms with van der Waals surface area (Å²) in [6.07, 6.45) is 3.71. The van der Waals surface area contributed by atoms with Gasteiger partial charge in [0.05, 0.1) is 0 Å². The number of nitrogen functional groups attached to an aromatic ring is 1. The number of hydrogen-bond donors (Lipinski definition) is 1. The molecule has 0 spiro atoms. The Morgan fingerprint density at radius 1 is 1.18 bits per heavy atom. The summed E-state index contributed by atoms with van der Waals surface area (Å²) >= 11 is 0. The number of nitrogens with zero attached hydrogens (tertiary/aromatic N) is 1. The van der Waals surface area contributed by atoms with Crippen molar-refractivity contribution in [1.29, 1.82) is 0 Å². The number of piperidine rings is 1. The van der Waals surface area contributed by atoms with Crippen molar-refractivity contribution in [3.05, 3.63) is 29.8 Å². The van der Waals surface area contributed by atoms with Gasteiger partial charge in [0.25, 0.3) is 0 Å². The van der Waals surface area contributed by atoms with E-state index in [0.717, 1.165) is 18.7 Å². The molecule has 0 unspecified atom stereocenters. The molecule has 0 radical (unpaired) electrons. The van der Waals surface area contributed by atoms with E-state index < -0.39 is 0 Å². The minimum Gasteiger partial charge on any atom is -0.399 e. The average molecular weight is 232 g/mol. The van der Waals surface area contributed by atoms with Gasteiger partial charge in [-0.1, -0.05) is 32.0 Å². The lowest BCUT2D eigenvalue weighted by atomic mass is 9.82. The van der Waals surface area contributed by atoms with Crippen molar-refractivity contribution in [2.45, 2.75) is 33.1 Å². The molecular weight excluding hydrogens is 208 g/mol. The maximum atomic E-state index is 5.96. The molecule has 1 aliphatic rings. The van der Waals surface area contributed by atoms with Gasteiger partial charge in [0.15, 0.2) is 0 Å². The van der Waals surface area contributed by atoms with Crippen molar-refractivity contribution in [2.24, 2.45) is 5.41 Å². The SMILES string of the molecule is CC1(C)CCN(CCc2ccccc2N)CC1. The molecule has 1 aromatic carbocycles. The minimum atomic E-state index is 0.544. The van der Waals surface area contributed by atoms with E-state index in [1.54, 1.807) is 0 Å². The van der Waals surface area contributed by atoms with E-state index in [-0.39, 0.29) is 0 Å². The van der Waals surface area contributed by atoms with Crippen LogP contribution in [0, 0.1) is 5.41 Å². The molecule has 1 aromatic rings. The van der Waals surface area contributed by atoms with Gasteiger partial charge >= 0.3 is 0 Å². The van der Waals surface area contributed by atoms with Crippen LogP contribution in [0.5, 0.6) is 0 Å².